The van der Waals surface area contributed by atoms with Gasteiger partial charge in [-0.25, -0.2) is 5.09 Å². The van der Waals surface area contributed by atoms with Gasteiger partial charge >= 0.3 is 13.5 Å². The smallest absolute Gasteiger partial charge is 0.342 e. The van der Waals surface area contributed by atoms with Crippen molar-refractivity contribution in [1.29, 1.82) is 0 Å². The minimum atomic E-state index is -3.49. The van der Waals surface area contributed by atoms with E-state index in [9.17, 15) is 9.36 Å². The first-order chi connectivity index (χ1) is 13.8. The van der Waals surface area contributed by atoms with Gasteiger partial charge in [0.15, 0.2) is 0 Å². The summed E-state index contributed by atoms with van der Waals surface area (Å²) in [5.41, 5.74) is 1.06. The highest BCUT2D eigenvalue weighted by Gasteiger charge is 2.30. The van der Waals surface area contributed by atoms with Crippen molar-refractivity contribution in [2.24, 2.45) is 0 Å². The van der Waals surface area contributed by atoms with Crippen molar-refractivity contribution in [2.75, 3.05) is 13.5 Å². The molecule has 2 rings (SSSR count). The molecule has 2 aromatic rings. The van der Waals surface area contributed by atoms with Gasteiger partial charge < -0.3 is 18.7 Å². The topological polar surface area (TPSA) is 83.1 Å². The van der Waals surface area contributed by atoms with Gasteiger partial charge in [0.25, 0.3) is 0 Å². The number of esters is 1. The molecule has 29 heavy (non-hydrogen) atoms. The monoisotopic (exact) mass is 421 g/mol. The third kappa shape index (κ3) is 7.89. The quantitative estimate of drug-likeness (QED) is 0.426. The molecule has 0 spiro atoms. The lowest BCUT2D eigenvalue weighted by Gasteiger charge is -2.23. The number of methoxy groups -OCH3 is 1. The molecule has 158 valence electrons. The molecule has 0 bridgehead atoms. The Labute approximate surface area is 171 Å². The van der Waals surface area contributed by atoms with E-state index < -0.39 is 19.5 Å². The van der Waals surface area contributed by atoms with E-state index >= 15 is 0 Å². The zero-order valence-corrected chi connectivity index (χ0v) is 18.1. The Morgan fingerprint density at radius 3 is 2.21 bits per heavy atom. The minimum Gasteiger partial charge on any atom is -0.489 e. The molecule has 0 aromatic heterocycles. The minimum absolute atomic E-state index is 0.196. The fourth-order valence-corrected chi connectivity index (χ4v) is 4.13. The molecule has 0 fully saturated rings. The normalized spacial score (nSPS) is 14.1. The van der Waals surface area contributed by atoms with Crippen LogP contribution in [0.2, 0.25) is 0 Å². The Kier molecular flexibility index (Phi) is 8.70. The van der Waals surface area contributed by atoms with E-state index in [4.69, 9.17) is 18.7 Å². The average Bonchev–Trinajstić information content (AvgIpc) is 2.67. The summed E-state index contributed by atoms with van der Waals surface area (Å²) in [6.45, 7) is 5.51. The molecular weight excluding hydrogens is 393 g/mol. The van der Waals surface area contributed by atoms with Gasteiger partial charge in [-0.1, -0.05) is 30.3 Å². The second-order valence-corrected chi connectivity index (χ2v) is 8.81. The molecule has 1 N–H and O–H groups in total. The molecule has 0 saturated heterocycles. The van der Waals surface area contributed by atoms with E-state index in [-0.39, 0.29) is 12.5 Å². The first-order valence-corrected chi connectivity index (χ1v) is 11.1. The highest BCUT2D eigenvalue weighted by atomic mass is 31.2. The number of nitrogens with one attached hydrogen (secondary N) is 1. The van der Waals surface area contributed by atoms with E-state index in [1.165, 1.54) is 7.11 Å². The fourth-order valence-electron chi connectivity index (χ4n) is 2.45. The molecule has 1 unspecified atom stereocenters. The van der Waals surface area contributed by atoms with E-state index in [0.29, 0.717) is 18.1 Å². The van der Waals surface area contributed by atoms with Gasteiger partial charge in [0.2, 0.25) is 0 Å². The molecule has 7 nitrogen and oxygen atoms in total. The van der Waals surface area contributed by atoms with E-state index in [0.717, 1.165) is 5.56 Å². The van der Waals surface area contributed by atoms with Gasteiger partial charge in [-0.3, -0.25) is 9.36 Å². The predicted octanol–water partition coefficient (Wildman–Crippen LogP) is 4.37. The van der Waals surface area contributed by atoms with Crippen LogP contribution in [0.4, 0.5) is 0 Å². The van der Waals surface area contributed by atoms with Gasteiger partial charge in [-0.15, -0.1) is 0 Å². The van der Waals surface area contributed by atoms with Crippen LogP contribution in [0.3, 0.4) is 0 Å². The van der Waals surface area contributed by atoms with Crippen molar-refractivity contribution in [3.8, 4) is 11.5 Å². The van der Waals surface area contributed by atoms with Crippen LogP contribution in [-0.4, -0.2) is 31.6 Å². The lowest BCUT2D eigenvalue weighted by Crippen LogP contribution is -2.36. The molecule has 0 amide bonds. The third-order valence-electron chi connectivity index (χ3n) is 3.72. The Morgan fingerprint density at radius 2 is 1.62 bits per heavy atom. The summed E-state index contributed by atoms with van der Waals surface area (Å²) in [6, 6.07) is 15.8. The van der Waals surface area contributed by atoms with Gasteiger partial charge in [-0.2, -0.15) is 0 Å². The Hall–Kier alpha value is -2.34. The largest absolute Gasteiger partial charge is 0.489 e. The van der Waals surface area contributed by atoms with Crippen LogP contribution >= 0.6 is 7.52 Å². The molecule has 2 atom stereocenters. The number of carbonyl (C=O) groups excluding carboxylic acids is 1. The fraction of sp³-hybridized carbons (Fsp3) is 0.381. The highest BCUT2D eigenvalue weighted by Crippen LogP contribution is 2.43. The van der Waals surface area contributed by atoms with Crippen LogP contribution in [0, 0.1) is 0 Å². The average molecular weight is 421 g/mol. The van der Waals surface area contributed by atoms with Gasteiger partial charge in [0.1, 0.15) is 30.5 Å². The first-order valence-electron chi connectivity index (χ1n) is 9.34. The standard InChI is InChI=1S/C21H28NO6P/c1-16(2)27-21(23)17(3)22-29(24,15-25-4)28-20-12-10-19(11-13-20)26-14-18-8-6-5-7-9-18/h5-13,16-17H,14-15H2,1-4H3,(H,22,24)/t17-,29?/m0/s1. The van der Waals surface area contributed by atoms with Crippen LogP contribution in [0.1, 0.15) is 26.3 Å². The lowest BCUT2D eigenvalue weighted by molar-refractivity contribution is -0.149. The second kappa shape index (κ2) is 11.0. The third-order valence-corrected chi connectivity index (χ3v) is 5.60. The maximum Gasteiger partial charge on any atom is 0.342 e. The van der Waals surface area contributed by atoms with Crippen molar-refractivity contribution < 1.29 is 28.1 Å². The van der Waals surface area contributed by atoms with Gasteiger partial charge in [0, 0.05) is 7.11 Å². The summed E-state index contributed by atoms with van der Waals surface area (Å²) in [5, 5.41) is 2.71. The molecule has 0 aliphatic rings. The second-order valence-electron chi connectivity index (χ2n) is 6.76. The molecular formula is C21H28NO6P. The zero-order valence-electron chi connectivity index (χ0n) is 17.2. The Bertz CT molecular complexity index is 810. The number of rotatable bonds is 11. The number of hydrogen-bond acceptors (Lipinski definition) is 6. The molecule has 0 radical (unpaired) electrons. The molecule has 0 saturated carbocycles. The summed E-state index contributed by atoms with van der Waals surface area (Å²) in [4.78, 5) is 12.0. The predicted molar refractivity (Wildman–Crippen MR) is 111 cm³/mol. The van der Waals surface area contributed by atoms with Crippen molar-refractivity contribution >= 4 is 13.5 Å². The lowest BCUT2D eigenvalue weighted by atomic mass is 10.2. The van der Waals surface area contributed by atoms with Crippen molar-refractivity contribution in [2.45, 2.75) is 39.5 Å². The van der Waals surface area contributed by atoms with Crippen LogP contribution in [0.25, 0.3) is 0 Å². The number of ether oxygens (including phenoxy) is 3. The van der Waals surface area contributed by atoms with Crippen molar-refractivity contribution in [1.82, 2.24) is 5.09 Å². The summed E-state index contributed by atoms with van der Waals surface area (Å²) in [7, 11) is -2.07. The van der Waals surface area contributed by atoms with E-state index in [1.807, 2.05) is 30.3 Å². The molecule has 0 heterocycles. The molecule has 0 aliphatic carbocycles. The van der Waals surface area contributed by atoms with Gasteiger partial charge in [-0.05, 0) is 50.6 Å². The molecule has 2 aromatic carbocycles. The van der Waals surface area contributed by atoms with Gasteiger partial charge in [0.05, 0.1) is 6.10 Å². The van der Waals surface area contributed by atoms with E-state index in [1.54, 1.807) is 45.0 Å². The van der Waals surface area contributed by atoms with Crippen LogP contribution < -0.4 is 14.3 Å². The van der Waals surface area contributed by atoms with Crippen LogP contribution in [0.5, 0.6) is 11.5 Å². The van der Waals surface area contributed by atoms with Crippen LogP contribution in [-0.2, 0) is 25.4 Å². The first kappa shape index (κ1) is 22.9. The molecule has 8 heteroatoms. The zero-order chi connectivity index (χ0) is 21.3. The molecule has 0 aliphatic heterocycles. The van der Waals surface area contributed by atoms with Crippen LogP contribution in [0.15, 0.2) is 54.6 Å². The van der Waals surface area contributed by atoms with E-state index in [2.05, 4.69) is 5.09 Å². The summed E-state index contributed by atoms with van der Waals surface area (Å²) >= 11 is 0. The number of benzene rings is 2. The van der Waals surface area contributed by atoms with Crippen molar-refractivity contribution in [3.63, 3.8) is 0 Å². The van der Waals surface area contributed by atoms with Crippen molar-refractivity contribution in [3.05, 3.63) is 60.2 Å². The Morgan fingerprint density at radius 1 is 1.00 bits per heavy atom. The number of carbonyl (C=O) groups is 1. The summed E-state index contributed by atoms with van der Waals surface area (Å²) in [6.07, 6.45) is -0.462. The highest BCUT2D eigenvalue weighted by molar-refractivity contribution is 7.57. The maximum absolute atomic E-state index is 13.1. The summed E-state index contributed by atoms with van der Waals surface area (Å²) in [5.74, 6) is 0.517. The maximum atomic E-state index is 13.1. The number of hydrogen-bond donors (Lipinski definition) is 1. The Balaban J connectivity index is 1.98. The summed E-state index contributed by atoms with van der Waals surface area (Å²) < 4.78 is 34.6. The SMILES string of the molecule is COCP(=O)(N[C@@H](C)C(=O)OC(C)C)Oc1ccc(OCc2ccccc2)cc1.